The van der Waals surface area contributed by atoms with Gasteiger partial charge in [0.15, 0.2) is 0 Å². The minimum absolute atomic E-state index is 0.805. The summed E-state index contributed by atoms with van der Waals surface area (Å²) in [6.07, 6.45) is 0.805. The second kappa shape index (κ2) is 1.99. The summed E-state index contributed by atoms with van der Waals surface area (Å²) >= 11 is 0. The van der Waals surface area contributed by atoms with Crippen molar-refractivity contribution in [2.24, 2.45) is 0 Å². The smallest absolute Gasteiger partial charge is 0.247 e. The third-order valence-corrected chi connectivity index (χ3v) is 0.834. The highest BCUT2D eigenvalue weighted by atomic mass is 32.2. The standard InChI is InChI=1S/C2H5N2O3S/c1-8(6,7)4-2(3)5/h3H,1H3,(H,4,5). The molecule has 0 spiro atoms. The Labute approximate surface area is 46.9 Å². The number of nitrogens with one attached hydrogen (secondary N) is 2. The van der Waals surface area contributed by atoms with Gasteiger partial charge in [-0.1, -0.05) is 0 Å². The second-order valence-electron chi connectivity index (χ2n) is 1.20. The van der Waals surface area contributed by atoms with Gasteiger partial charge in [0, 0.05) is 0 Å². The number of sulfonamides is 1. The van der Waals surface area contributed by atoms with E-state index >= 15 is 0 Å². The number of rotatable bonds is 1. The molecule has 6 heteroatoms. The van der Waals surface area contributed by atoms with Crippen LogP contribution >= 0.6 is 0 Å². The fourth-order valence-electron chi connectivity index (χ4n) is 0.168. The molecule has 0 rings (SSSR count). The van der Waals surface area contributed by atoms with E-state index in [1.165, 1.54) is 4.72 Å². The van der Waals surface area contributed by atoms with Gasteiger partial charge in [-0.2, -0.15) is 0 Å². The van der Waals surface area contributed by atoms with Gasteiger partial charge in [0.2, 0.25) is 10.0 Å². The Kier molecular flexibility index (Phi) is 1.80. The Morgan fingerprint density at radius 3 is 2.00 bits per heavy atom. The average Bonchev–Trinajstić information content (AvgIpc) is 1.21. The fraction of sp³-hybridized carbons (Fsp3) is 0.500. The Morgan fingerprint density at radius 1 is 1.62 bits per heavy atom. The molecule has 0 aliphatic carbocycles. The Bertz CT molecular complexity index is 181. The highest BCUT2D eigenvalue weighted by molar-refractivity contribution is 7.89. The van der Waals surface area contributed by atoms with Gasteiger partial charge in [-0.15, -0.1) is 0 Å². The minimum atomic E-state index is -3.51. The number of carbonyl (C=O) groups is 1. The van der Waals surface area contributed by atoms with Gasteiger partial charge in [-0.25, -0.2) is 23.7 Å². The quantitative estimate of drug-likeness (QED) is 0.499. The maximum Gasteiger partial charge on any atom is 0.347 e. The third-order valence-electron chi connectivity index (χ3n) is 0.278. The van der Waals surface area contributed by atoms with E-state index in [0.29, 0.717) is 0 Å². The van der Waals surface area contributed by atoms with Crippen molar-refractivity contribution in [1.29, 1.82) is 0 Å². The van der Waals surface area contributed by atoms with E-state index in [4.69, 9.17) is 5.73 Å². The van der Waals surface area contributed by atoms with Crippen molar-refractivity contribution in [2.45, 2.75) is 0 Å². The maximum absolute atomic E-state index is 9.99. The van der Waals surface area contributed by atoms with Gasteiger partial charge in [0.25, 0.3) is 0 Å². The van der Waals surface area contributed by atoms with Crippen molar-refractivity contribution < 1.29 is 13.2 Å². The first-order chi connectivity index (χ1) is 3.42. The number of amides is 2. The highest BCUT2D eigenvalue weighted by Gasteiger charge is 2.01. The zero-order valence-corrected chi connectivity index (χ0v) is 4.95. The summed E-state index contributed by atoms with van der Waals surface area (Å²) in [4.78, 5) is 9.64. The fourth-order valence-corrected chi connectivity index (χ4v) is 0.505. The lowest BCUT2D eigenvalue weighted by atomic mass is 11.2. The van der Waals surface area contributed by atoms with Crippen LogP contribution in [-0.2, 0) is 10.0 Å². The molecule has 2 amide bonds. The van der Waals surface area contributed by atoms with Crippen LogP contribution in [0.2, 0.25) is 0 Å². The van der Waals surface area contributed by atoms with Crippen LogP contribution in [0.15, 0.2) is 0 Å². The van der Waals surface area contributed by atoms with Crippen molar-refractivity contribution >= 4 is 16.1 Å². The topological polar surface area (TPSA) is 87.0 Å². The van der Waals surface area contributed by atoms with E-state index in [2.05, 4.69) is 0 Å². The Hall–Kier alpha value is -0.780. The lowest BCUT2D eigenvalue weighted by Crippen LogP contribution is -2.28. The molecule has 0 aromatic heterocycles. The molecule has 0 heterocycles. The van der Waals surface area contributed by atoms with Crippen LogP contribution in [0.3, 0.4) is 0 Å². The molecule has 0 unspecified atom stereocenters. The molecule has 0 fully saturated rings. The summed E-state index contributed by atoms with van der Waals surface area (Å²) in [5, 5.41) is 0. The van der Waals surface area contributed by atoms with E-state index < -0.39 is 16.1 Å². The van der Waals surface area contributed by atoms with E-state index in [0.717, 1.165) is 6.26 Å². The van der Waals surface area contributed by atoms with Gasteiger partial charge in [-0.05, 0) is 0 Å². The first-order valence-electron chi connectivity index (χ1n) is 1.65. The summed E-state index contributed by atoms with van der Waals surface area (Å²) in [6.45, 7) is 0. The zero-order chi connectivity index (χ0) is 6.78. The van der Waals surface area contributed by atoms with Gasteiger partial charge in [0.05, 0.1) is 6.26 Å². The predicted octanol–water partition coefficient (Wildman–Crippen LogP) is -1.06. The lowest BCUT2D eigenvalue weighted by Gasteiger charge is -1.91. The molecule has 0 aromatic carbocycles. The van der Waals surface area contributed by atoms with Crippen molar-refractivity contribution in [3.8, 4) is 0 Å². The highest BCUT2D eigenvalue weighted by Crippen LogP contribution is 1.69. The van der Waals surface area contributed by atoms with Gasteiger partial charge in [0.1, 0.15) is 0 Å². The molecular formula is C2H5N2O3S. The van der Waals surface area contributed by atoms with Gasteiger partial charge in [-0.3, -0.25) is 0 Å². The van der Waals surface area contributed by atoms with Crippen molar-refractivity contribution in [3.63, 3.8) is 0 Å². The molecule has 0 saturated heterocycles. The molecule has 8 heavy (non-hydrogen) atoms. The summed E-state index contributed by atoms with van der Waals surface area (Å²) in [5.41, 5.74) is 6.10. The van der Waals surface area contributed by atoms with Crippen LogP contribution < -0.4 is 10.5 Å². The van der Waals surface area contributed by atoms with Crippen LogP contribution in [0.1, 0.15) is 0 Å². The molecule has 0 aliphatic rings. The zero-order valence-electron chi connectivity index (χ0n) is 4.13. The van der Waals surface area contributed by atoms with Gasteiger partial charge >= 0.3 is 6.03 Å². The molecule has 0 aromatic rings. The molecule has 47 valence electrons. The first kappa shape index (κ1) is 7.22. The number of hydrogen-bond acceptors (Lipinski definition) is 3. The predicted molar refractivity (Wildman–Crippen MR) is 26.5 cm³/mol. The van der Waals surface area contributed by atoms with Crippen LogP contribution in [0.5, 0.6) is 0 Å². The van der Waals surface area contributed by atoms with Crippen molar-refractivity contribution in [2.75, 3.05) is 6.26 Å². The normalized spacial score (nSPS) is 10.6. The number of urea groups is 1. The molecule has 0 bridgehead atoms. The summed E-state index contributed by atoms with van der Waals surface area (Å²) in [5.74, 6) is 0. The molecular weight excluding hydrogens is 132 g/mol. The molecule has 5 nitrogen and oxygen atoms in total. The average molecular weight is 137 g/mol. The summed E-state index contributed by atoms with van der Waals surface area (Å²) in [6, 6.07) is -1.31. The Balaban J connectivity index is 3.95. The van der Waals surface area contributed by atoms with Crippen LogP contribution in [0, 0.1) is 0 Å². The number of hydrogen-bond donors (Lipinski definition) is 1. The van der Waals surface area contributed by atoms with E-state index in [-0.39, 0.29) is 0 Å². The first-order valence-corrected chi connectivity index (χ1v) is 3.54. The third kappa shape index (κ3) is 5.22. The second-order valence-corrected chi connectivity index (χ2v) is 2.95. The largest absolute Gasteiger partial charge is 0.347 e. The van der Waals surface area contributed by atoms with E-state index in [1.807, 2.05) is 0 Å². The number of carbonyl (C=O) groups excluding carboxylic acids is 1. The van der Waals surface area contributed by atoms with Crippen molar-refractivity contribution in [1.82, 2.24) is 10.5 Å². The molecule has 0 aliphatic heterocycles. The summed E-state index contributed by atoms with van der Waals surface area (Å²) in [7, 11) is -3.51. The molecule has 0 atom stereocenters. The summed E-state index contributed by atoms with van der Waals surface area (Å²) < 4.78 is 21.4. The minimum Gasteiger partial charge on any atom is -0.247 e. The van der Waals surface area contributed by atoms with Gasteiger partial charge < -0.3 is 0 Å². The monoisotopic (exact) mass is 137 g/mol. The van der Waals surface area contributed by atoms with Crippen LogP contribution in [0.4, 0.5) is 4.79 Å². The van der Waals surface area contributed by atoms with Crippen LogP contribution in [0.25, 0.3) is 0 Å². The maximum atomic E-state index is 9.99. The van der Waals surface area contributed by atoms with Crippen LogP contribution in [-0.4, -0.2) is 20.7 Å². The van der Waals surface area contributed by atoms with Crippen molar-refractivity contribution in [3.05, 3.63) is 0 Å². The molecule has 2 N–H and O–H groups in total. The van der Waals surface area contributed by atoms with E-state index in [1.54, 1.807) is 0 Å². The Morgan fingerprint density at radius 2 is 2.00 bits per heavy atom. The molecule has 0 saturated carbocycles. The molecule has 1 radical (unpaired) electrons. The van der Waals surface area contributed by atoms with E-state index in [9.17, 15) is 13.2 Å². The lowest BCUT2D eigenvalue weighted by molar-refractivity contribution is 0.252. The SMILES string of the molecule is CS(=O)(=O)NC([NH])=O.